The first-order valence-electron chi connectivity index (χ1n) is 8.41. The molecule has 0 saturated carbocycles. The topological polar surface area (TPSA) is 34.6 Å². The molecular weight excluding hydrogens is 312 g/mol. The highest BCUT2D eigenvalue weighted by Gasteiger charge is 2.11. The zero-order valence-electron chi connectivity index (χ0n) is 15.4. The molecular formula is C21H24N2O2. The third-order valence-corrected chi connectivity index (χ3v) is 4.03. The molecule has 0 aliphatic heterocycles. The molecule has 130 valence electrons. The minimum absolute atomic E-state index is 0.0594. The lowest BCUT2D eigenvalue weighted by Gasteiger charge is -2.15. The van der Waals surface area contributed by atoms with Gasteiger partial charge in [-0.2, -0.15) is 0 Å². The minimum atomic E-state index is 0.0594. The van der Waals surface area contributed by atoms with Crippen molar-refractivity contribution in [2.75, 3.05) is 26.1 Å². The van der Waals surface area contributed by atoms with Crippen LogP contribution in [0, 0.1) is 0 Å². The molecule has 0 N–H and O–H groups in total. The fourth-order valence-corrected chi connectivity index (χ4v) is 2.72. The van der Waals surface area contributed by atoms with Crippen molar-refractivity contribution in [1.29, 1.82) is 0 Å². The molecule has 2 aromatic carbocycles. The fraction of sp³-hybridized carbons (Fsp3) is 0.286. The van der Waals surface area contributed by atoms with Gasteiger partial charge in [0.1, 0.15) is 5.75 Å². The Balaban J connectivity index is 2.13. The number of nitrogens with zero attached hydrogens (tertiary/aromatic N) is 2. The molecule has 25 heavy (non-hydrogen) atoms. The Morgan fingerprint density at radius 3 is 2.28 bits per heavy atom. The average molecular weight is 336 g/mol. The number of methoxy groups -OCH3 is 1. The largest absolute Gasteiger partial charge is 0.497 e. The van der Waals surface area contributed by atoms with Crippen LogP contribution in [-0.2, 0) is 0 Å². The lowest BCUT2D eigenvalue weighted by molar-refractivity contribution is 0.236. The molecule has 4 heteroatoms. The molecule has 4 nitrogen and oxygen atoms in total. The molecule has 0 unspecified atom stereocenters. The molecule has 0 radical (unpaired) electrons. The number of rotatable bonds is 5. The number of hydrogen-bond donors (Lipinski definition) is 0. The Morgan fingerprint density at radius 2 is 1.68 bits per heavy atom. The molecule has 0 fully saturated rings. The summed E-state index contributed by atoms with van der Waals surface area (Å²) in [5, 5.41) is 2.04. The summed E-state index contributed by atoms with van der Waals surface area (Å²) in [5.74, 6) is 1.48. The molecule has 3 aromatic rings. The molecule has 0 aliphatic rings. The Kier molecular flexibility index (Phi) is 4.79. The molecule has 0 aliphatic carbocycles. The highest BCUT2D eigenvalue weighted by atomic mass is 16.5. The van der Waals surface area contributed by atoms with Crippen LogP contribution >= 0.6 is 0 Å². The Hall–Kier alpha value is -2.75. The van der Waals surface area contributed by atoms with Crippen LogP contribution in [0.4, 0.5) is 5.69 Å². The van der Waals surface area contributed by atoms with Crippen molar-refractivity contribution in [3.05, 3.63) is 48.5 Å². The van der Waals surface area contributed by atoms with Crippen LogP contribution in [0.25, 0.3) is 22.0 Å². The second kappa shape index (κ2) is 7.01. The maximum absolute atomic E-state index is 5.96. The van der Waals surface area contributed by atoms with E-state index in [1.165, 1.54) is 0 Å². The Labute approximate surface area is 149 Å². The minimum Gasteiger partial charge on any atom is -0.497 e. The summed E-state index contributed by atoms with van der Waals surface area (Å²) in [6.07, 6.45) is 0.0594. The molecule has 1 aromatic heterocycles. The van der Waals surface area contributed by atoms with Crippen LogP contribution in [0.1, 0.15) is 13.8 Å². The number of hydrogen-bond acceptors (Lipinski definition) is 4. The Bertz CT molecular complexity index is 871. The number of pyridine rings is 1. The number of fused-ring (bicyclic) bond motifs is 1. The molecule has 0 atom stereocenters. The molecule has 0 bridgehead atoms. The quantitative estimate of drug-likeness (QED) is 0.672. The Morgan fingerprint density at radius 1 is 0.960 bits per heavy atom. The summed E-state index contributed by atoms with van der Waals surface area (Å²) < 4.78 is 11.3. The number of ether oxygens (including phenoxy) is 2. The second-order valence-corrected chi connectivity index (χ2v) is 6.51. The van der Waals surface area contributed by atoms with Crippen LogP contribution in [0.5, 0.6) is 11.6 Å². The van der Waals surface area contributed by atoms with Gasteiger partial charge in [-0.05, 0) is 55.6 Å². The lowest BCUT2D eigenvalue weighted by Crippen LogP contribution is -2.08. The van der Waals surface area contributed by atoms with Gasteiger partial charge in [0, 0.05) is 30.7 Å². The van der Waals surface area contributed by atoms with Gasteiger partial charge < -0.3 is 14.4 Å². The number of anilines is 1. The van der Waals surface area contributed by atoms with Gasteiger partial charge in [0.15, 0.2) is 0 Å². The van der Waals surface area contributed by atoms with Crippen molar-refractivity contribution in [2.24, 2.45) is 0 Å². The first kappa shape index (κ1) is 17.1. The van der Waals surface area contributed by atoms with E-state index in [1.807, 2.05) is 46.1 Å². The van der Waals surface area contributed by atoms with Gasteiger partial charge in [0.2, 0.25) is 5.88 Å². The van der Waals surface area contributed by atoms with Crippen molar-refractivity contribution in [3.8, 4) is 22.9 Å². The number of benzene rings is 2. The summed E-state index contributed by atoms with van der Waals surface area (Å²) in [6, 6.07) is 16.4. The summed E-state index contributed by atoms with van der Waals surface area (Å²) in [5.41, 5.74) is 3.11. The van der Waals surface area contributed by atoms with Crippen molar-refractivity contribution in [2.45, 2.75) is 20.0 Å². The van der Waals surface area contributed by atoms with E-state index < -0.39 is 0 Å². The third-order valence-electron chi connectivity index (χ3n) is 4.03. The zero-order chi connectivity index (χ0) is 18.0. The van der Waals surface area contributed by atoms with E-state index in [1.54, 1.807) is 7.11 Å². The summed E-state index contributed by atoms with van der Waals surface area (Å²) in [6.45, 7) is 4.02. The highest BCUT2D eigenvalue weighted by molar-refractivity contribution is 5.91. The SMILES string of the molecule is COc1ccc2c(OC(C)C)nc(-c3ccc(N(C)C)cc3)cc2c1. The molecule has 0 spiro atoms. The molecule has 0 saturated heterocycles. The van der Waals surface area contributed by atoms with Crippen molar-refractivity contribution in [3.63, 3.8) is 0 Å². The smallest absolute Gasteiger partial charge is 0.222 e. The summed E-state index contributed by atoms with van der Waals surface area (Å²) >= 11 is 0. The van der Waals surface area contributed by atoms with Crippen molar-refractivity contribution in [1.82, 2.24) is 4.98 Å². The van der Waals surface area contributed by atoms with Gasteiger partial charge in [0.05, 0.1) is 18.9 Å². The van der Waals surface area contributed by atoms with E-state index in [9.17, 15) is 0 Å². The summed E-state index contributed by atoms with van der Waals surface area (Å²) in [4.78, 5) is 6.84. The van der Waals surface area contributed by atoms with E-state index in [-0.39, 0.29) is 6.10 Å². The average Bonchev–Trinajstić information content (AvgIpc) is 2.60. The standard InChI is InChI=1S/C21H24N2O2/c1-14(2)25-21-19-11-10-18(24-5)12-16(19)13-20(22-21)15-6-8-17(9-7-15)23(3)4/h6-14H,1-5H3. The van der Waals surface area contributed by atoms with Gasteiger partial charge in [-0.25, -0.2) is 4.98 Å². The van der Waals surface area contributed by atoms with Gasteiger partial charge in [0.25, 0.3) is 0 Å². The van der Waals surface area contributed by atoms with Gasteiger partial charge in [-0.15, -0.1) is 0 Å². The van der Waals surface area contributed by atoms with Crippen LogP contribution in [0.3, 0.4) is 0 Å². The van der Waals surface area contributed by atoms with Gasteiger partial charge >= 0.3 is 0 Å². The highest BCUT2D eigenvalue weighted by Crippen LogP contribution is 2.32. The normalized spacial score (nSPS) is 11.0. The predicted octanol–water partition coefficient (Wildman–Crippen LogP) is 4.76. The summed E-state index contributed by atoms with van der Waals surface area (Å²) in [7, 11) is 5.74. The first-order valence-corrected chi connectivity index (χ1v) is 8.41. The van der Waals surface area contributed by atoms with E-state index in [0.717, 1.165) is 33.5 Å². The van der Waals surface area contributed by atoms with E-state index in [2.05, 4.69) is 35.2 Å². The van der Waals surface area contributed by atoms with E-state index in [4.69, 9.17) is 14.5 Å². The third kappa shape index (κ3) is 3.68. The lowest BCUT2D eigenvalue weighted by atomic mass is 10.1. The predicted molar refractivity (Wildman–Crippen MR) is 104 cm³/mol. The van der Waals surface area contributed by atoms with E-state index >= 15 is 0 Å². The first-order chi connectivity index (χ1) is 12.0. The van der Waals surface area contributed by atoms with Crippen molar-refractivity contribution < 1.29 is 9.47 Å². The molecule has 3 rings (SSSR count). The van der Waals surface area contributed by atoms with Crippen LogP contribution in [0.15, 0.2) is 48.5 Å². The van der Waals surface area contributed by atoms with Crippen molar-refractivity contribution >= 4 is 16.5 Å². The zero-order valence-corrected chi connectivity index (χ0v) is 15.4. The second-order valence-electron chi connectivity index (χ2n) is 6.51. The molecule has 1 heterocycles. The maximum atomic E-state index is 5.96. The number of aromatic nitrogens is 1. The maximum Gasteiger partial charge on any atom is 0.222 e. The van der Waals surface area contributed by atoms with E-state index in [0.29, 0.717) is 5.88 Å². The molecule has 0 amide bonds. The fourth-order valence-electron chi connectivity index (χ4n) is 2.72. The van der Waals surface area contributed by atoms with Crippen LogP contribution < -0.4 is 14.4 Å². The monoisotopic (exact) mass is 336 g/mol. The van der Waals surface area contributed by atoms with Crippen LogP contribution in [-0.4, -0.2) is 32.3 Å². The van der Waals surface area contributed by atoms with Crippen LogP contribution in [0.2, 0.25) is 0 Å². The van der Waals surface area contributed by atoms with Gasteiger partial charge in [-0.3, -0.25) is 0 Å². The van der Waals surface area contributed by atoms with Gasteiger partial charge in [-0.1, -0.05) is 12.1 Å².